The summed E-state index contributed by atoms with van der Waals surface area (Å²) in [6, 6.07) is 22.8. The van der Waals surface area contributed by atoms with E-state index in [0.29, 0.717) is 22.1 Å². The third-order valence-electron chi connectivity index (χ3n) is 4.76. The van der Waals surface area contributed by atoms with Crippen LogP contribution in [0.2, 0.25) is 0 Å². The molecule has 4 aromatic rings. The Morgan fingerprint density at radius 3 is 1.32 bits per heavy atom. The molecule has 0 fully saturated rings. The van der Waals surface area contributed by atoms with E-state index in [1.165, 1.54) is 9.36 Å². The van der Waals surface area contributed by atoms with Crippen molar-refractivity contribution in [2.24, 2.45) is 14.1 Å². The second-order valence-corrected chi connectivity index (χ2v) is 6.58. The van der Waals surface area contributed by atoms with Crippen LogP contribution >= 0.6 is 0 Å². The minimum absolute atomic E-state index is 0.223. The highest BCUT2D eigenvalue weighted by atomic mass is 16.2. The number of para-hydroxylation sites is 2. The molecule has 0 atom stereocenters. The number of hydrogen-bond donors (Lipinski definition) is 2. The first-order valence-corrected chi connectivity index (χ1v) is 8.93. The van der Waals surface area contributed by atoms with E-state index >= 15 is 0 Å². The molecule has 0 saturated carbocycles. The first-order chi connectivity index (χ1) is 13.5. The molecular weight excluding hydrogens is 352 g/mol. The summed E-state index contributed by atoms with van der Waals surface area (Å²) in [6.45, 7) is 0. The van der Waals surface area contributed by atoms with Crippen molar-refractivity contribution in [3.8, 4) is 0 Å². The standard InChI is InChI=1S/C22H20N4O2/c1-25-21(27)17-13-19(23-15-9-5-3-6-10-15)20(14-18(17)22(28)26(25)2)24-16-11-7-4-8-12-16/h3-14,23-24H,1-2H3. The van der Waals surface area contributed by atoms with Gasteiger partial charge in [-0.3, -0.25) is 19.0 Å². The molecule has 28 heavy (non-hydrogen) atoms. The molecule has 0 unspecified atom stereocenters. The van der Waals surface area contributed by atoms with E-state index in [1.807, 2.05) is 60.7 Å². The van der Waals surface area contributed by atoms with Gasteiger partial charge in [-0.25, -0.2) is 0 Å². The maximum atomic E-state index is 12.7. The Hall–Kier alpha value is -3.80. The van der Waals surface area contributed by atoms with Gasteiger partial charge in [-0.15, -0.1) is 0 Å². The lowest BCUT2D eigenvalue weighted by atomic mass is 10.1. The van der Waals surface area contributed by atoms with Crippen LogP contribution in [0.15, 0.2) is 82.4 Å². The molecule has 0 saturated heterocycles. The minimum Gasteiger partial charge on any atom is -0.354 e. The molecule has 0 amide bonds. The second kappa shape index (κ2) is 7.08. The molecule has 3 aromatic carbocycles. The van der Waals surface area contributed by atoms with E-state index in [4.69, 9.17) is 0 Å². The van der Waals surface area contributed by atoms with Crippen molar-refractivity contribution in [2.75, 3.05) is 10.6 Å². The molecule has 4 rings (SSSR count). The number of anilines is 4. The molecule has 0 aliphatic carbocycles. The fourth-order valence-corrected chi connectivity index (χ4v) is 3.14. The topological polar surface area (TPSA) is 68.1 Å². The van der Waals surface area contributed by atoms with Gasteiger partial charge >= 0.3 is 0 Å². The molecule has 2 N–H and O–H groups in total. The zero-order valence-electron chi connectivity index (χ0n) is 15.6. The van der Waals surface area contributed by atoms with Crippen molar-refractivity contribution in [1.82, 2.24) is 9.36 Å². The van der Waals surface area contributed by atoms with Gasteiger partial charge in [0.05, 0.1) is 22.1 Å². The number of aromatic nitrogens is 2. The van der Waals surface area contributed by atoms with Crippen LogP contribution in [0, 0.1) is 0 Å². The van der Waals surface area contributed by atoms with Gasteiger partial charge in [0.2, 0.25) is 0 Å². The largest absolute Gasteiger partial charge is 0.354 e. The van der Waals surface area contributed by atoms with E-state index in [1.54, 1.807) is 26.2 Å². The molecule has 6 heteroatoms. The lowest BCUT2D eigenvalue weighted by molar-refractivity contribution is 0.543. The minimum atomic E-state index is -0.223. The monoisotopic (exact) mass is 372 g/mol. The summed E-state index contributed by atoms with van der Waals surface area (Å²) < 4.78 is 2.64. The lowest BCUT2D eigenvalue weighted by Gasteiger charge is -2.16. The number of rotatable bonds is 4. The summed E-state index contributed by atoms with van der Waals surface area (Å²) in [5.74, 6) is 0. The number of fused-ring (bicyclic) bond motifs is 1. The van der Waals surface area contributed by atoms with Gasteiger partial charge < -0.3 is 10.6 Å². The highest BCUT2D eigenvalue weighted by Gasteiger charge is 2.14. The van der Waals surface area contributed by atoms with E-state index in [-0.39, 0.29) is 11.1 Å². The van der Waals surface area contributed by atoms with Gasteiger partial charge in [0.15, 0.2) is 0 Å². The van der Waals surface area contributed by atoms with Crippen molar-refractivity contribution in [3.05, 3.63) is 93.5 Å². The molecule has 0 radical (unpaired) electrons. The summed E-state index contributed by atoms with van der Waals surface area (Å²) in [7, 11) is 3.17. The van der Waals surface area contributed by atoms with Gasteiger partial charge in [0.25, 0.3) is 11.1 Å². The zero-order valence-corrected chi connectivity index (χ0v) is 15.6. The van der Waals surface area contributed by atoms with Crippen LogP contribution in [0.25, 0.3) is 10.8 Å². The Balaban J connectivity index is 1.94. The van der Waals surface area contributed by atoms with Gasteiger partial charge in [-0.05, 0) is 36.4 Å². The first kappa shape index (κ1) is 17.6. The second-order valence-electron chi connectivity index (χ2n) is 6.58. The fourth-order valence-electron chi connectivity index (χ4n) is 3.14. The average molecular weight is 372 g/mol. The van der Waals surface area contributed by atoms with Crippen molar-refractivity contribution >= 4 is 33.5 Å². The average Bonchev–Trinajstić information content (AvgIpc) is 2.73. The van der Waals surface area contributed by atoms with Crippen LogP contribution in [-0.4, -0.2) is 9.36 Å². The predicted octanol–water partition coefficient (Wildman–Crippen LogP) is 3.72. The molecular formula is C22H20N4O2. The van der Waals surface area contributed by atoms with Crippen LogP contribution in [0.5, 0.6) is 0 Å². The van der Waals surface area contributed by atoms with Crippen LogP contribution in [0.1, 0.15) is 0 Å². The Kier molecular flexibility index (Phi) is 4.45. The third kappa shape index (κ3) is 3.16. The molecule has 1 aromatic heterocycles. The first-order valence-electron chi connectivity index (χ1n) is 8.93. The fraction of sp³-hybridized carbons (Fsp3) is 0.0909. The summed E-state index contributed by atoms with van der Waals surface area (Å²) in [5, 5.41) is 7.45. The summed E-state index contributed by atoms with van der Waals surface area (Å²) in [5.41, 5.74) is 2.76. The Morgan fingerprint density at radius 2 is 0.964 bits per heavy atom. The number of benzene rings is 3. The maximum Gasteiger partial charge on any atom is 0.273 e. The van der Waals surface area contributed by atoms with Crippen LogP contribution in [-0.2, 0) is 14.1 Å². The van der Waals surface area contributed by atoms with Crippen molar-refractivity contribution in [1.29, 1.82) is 0 Å². The Bertz CT molecular complexity index is 1160. The van der Waals surface area contributed by atoms with Crippen molar-refractivity contribution in [2.45, 2.75) is 0 Å². The molecule has 0 aliphatic heterocycles. The molecule has 0 aliphatic rings. The van der Waals surface area contributed by atoms with Crippen LogP contribution < -0.4 is 21.8 Å². The van der Waals surface area contributed by atoms with Crippen LogP contribution in [0.3, 0.4) is 0 Å². The van der Waals surface area contributed by atoms with E-state index in [0.717, 1.165) is 11.4 Å². The van der Waals surface area contributed by atoms with E-state index in [9.17, 15) is 9.59 Å². The highest BCUT2D eigenvalue weighted by Crippen LogP contribution is 2.31. The molecule has 1 heterocycles. The zero-order chi connectivity index (χ0) is 19.7. The normalized spacial score (nSPS) is 10.8. The van der Waals surface area contributed by atoms with Crippen molar-refractivity contribution < 1.29 is 0 Å². The lowest BCUT2D eigenvalue weighted by Crippen LogP contribution is -2.35. The summed E-state index contributed by atoms with van der Waals surface area (Å²) in [4.78, 5) is 25.5. The highest BCUT2D eigenvalue weighted by molar-refractivity contribution is 5.93. The SMILES string of the molecule is Cn1c(=O)c2cc(Nc3ccccc3)c(Nc3ccccc3)cc2c(=O)n1C. The number of hydrogen-bond acceptors (Lipinski definition) is 4. The summed E-state index contributed by atoms with van der Waals surface area (Å²) >= 11 is 0. The van der Waals surface area contributed by atoms with Gasteiger partial charge in [0.1, 0.15) is 0 Å². The Morgan fingerprint density at radius 1 is 0.607 bits per heavy atom. The number of nitrogens with zero attached hydrogens (tertiary/aromatic N) is 2. The summed E-state index contributed by atoms with van der Waals surface area (Å²) in [6.07, 6.45) is 0. The van der Waals surface area contributed by atoms with Gasteiger partial charge in [-0.2, -0.15) is 0 Å². The number of nitrogens with one attached hydrogen (secondary N) is 2. The van der Waals surface area contributed by atoms with Gasteiger partial charge in [0, 0.05) is 25.5 Å². The van der Waals surface area contributed by atoms with Crippen molar-refractivity contribution in [3.63, 3.8) is 0 Å². The van der Waals surface area contributed by atoms with E-state index < -0.39 is 0 Å². The van der Waals surface area contributed by atoms with E-state index in [2.05, 4.69) is 10.6 Å². The molecule has 0 spiro atoms. The van der Waals surface area contributed by atoms with Crippen LogP contribution in [0.4, 0.5) is 22.7 Å². The predicted molar refractivity (Wildman–Crippen MR) is 114 cm³/mol. The molecule has 0 bridgehead atoms. The molecule has 6 nitrogen and oxygen atoms in total. The smallest absolute Gasteiger partial charge is 0.273 e. The quantitative estimate of drug-likeness (QED) is 0.573. The Labute approximate surface area is 161 Å². The van der Waals surface area contributed by atoms with Gasteiger partial charge in [-0.1, -0.05) is 36.4 Å². The third-order valence-corrected chi connectivity index (χ3v) is 4.76. The molecule has 140 valence electrons. The maximum absolute atomic E-state index is 12.7.